The summed E-state index contributed by atoms with van der Waals surface area (Å²) in [6.45, 7) is 11.8. The average molecular weight is 517 g/mol. The molecule has 8 nitrogen and oxygen atoms in total. The Bertz CT molecular complexity index is 1430. The second kappa shape index (κ2) is 10.8. The van der Waals surface area contributed by atoms with Gasteiger partial charge in [-0.15, -0.1) is 0 Å². The maximum absolute atomic E-state index is 12.1. The molecular formula is C30H40N6O2. The number of hydrogen-bond acceptors (Lipinski definition) is 5. The number of carbonyl (C=O) groups excluding carboxylic acids is 1. The molecule has 1 aliphatic heterocycles. The van der Waals surface area contributed by atoms with E-state index in [1.54, 1.807) is 15.7 Å². The van der Waals surface area contributed by atoms with Gasteiger partial charge >= 0.3 is 0 Å². The topological polar surface area (TPSA) is 78.8 Å². The zero-order chi connectivity index (χ0) is 27.0. The first-order valence-corrected chi connectivity index (χ1v) is 13.8. The quantitative estimate of drug-likeness (QED) is 0.344. The van der Waals surface area contributed by atoms with Gasteiger partial charge in [0.15, 0.2) is 11.4 Å². The van der Waals surface area contributed by atoms with Crippen molar-refractivity contribution in [2.75, 3.05) is 40.3 Å². The number of fused-ring (bicyclic) bond motifs is 2. The number of nitrogens with one attached hydrogen (secondary N) is 1. The van der Waals surface area contributed by atoms with Crippen molar-refractivity contribution in [2.24, 2.45) is 5.92 Å². The minimum Gasteiger partial charge on any atom is -0.489 e. The van der Waals surface area contributed by atoms with Gasteiger partial charge in [0.05, 0.1) is 18.8 Å². The Morgan fingerprint density at radius 2 is 1.92 bits per heavy atom. The van der Waals surface area contributed by atoms with E-state index in [4.69, 9.17) is 4.74 Å². The van der Waals surface area contributed by atoms with Crippen LogP contribution in [0.25, 0.3) is 27.8 Å². The number of aromatic nitrogens is 4. The molecule has 0 bridgehead atoms. The number of nitrogens with zero attached hydrogens (tertiary/aromatic N) is 5. The van der Waals surface area contributed by atoms with Crippen molar-refractivity contribution in [1.82, 2.24) is 29.4 Å². The lowest BCUT2D eigenvalue weighted by Crippen LogP contribution is -2.40. The normalized spacial score (nSPS) is 15.3. The highest BCUT2D eigenvalue weighted by molar-refractivity contribution is 5.92. The second-order valence-corrected chi connectivity index (χ2v) is 11.5. The lowest BCUT2D eigenvalue weighted by molar-refractivity contribution is -0.130. The van der Waals surface area contributed by atoms with E-state index in [0.717, 1.165) is 54.1 Å². The Hall–Kier alpha value is -3.39. The van der Waals surface area contributed by atoms with Gasteiger partial charge in [0.2, 0.25) is 5.91 Å². The number of rotatable bonds is 8. The van der Waals surface area contributed by atoms with Crippen LogP contribution >= 0.6 is 0 Å². The molecule has 8 heteroatoms. The Kier molecular flexibility index (Phi) is 7.43. The molecule has 1 saturated heterocycles. The number of piperidine rings is 1. The maximum Gasteiger partial charge on any atom is 0.236 e. The Labute approximate surface area is 225 Å². The van der Waals surface area contributed by atoms with Crippen molar-refractivity contribution in [1.29, 1.82) is 0 Å². The van der Waals surface area contributed by atoms with E-state index in [-0.39, 0.29) is 5.91 Å². The fourth-order valence-corrected chi connectivity index (χ4v) is 5.46. The van der Waals surface area contributed by atoms with Crippen molar-refractivity contribution >= 4 is 22.5 Å². The van der Waals surface area contributed by atoms with Crippen LogP contribution in [0, 0.1) is 5.92 Å². The molecule has 1 fully saturated rings. The van der Waals surface area contributed by atoms with E-state index < -0.39 is 0 Å². The minimum atomic E-state index is 0.174. The zero-order valence-electron chi connectivity index (χ0n) is 23.5. The van der Waals surface area contributed by atoms with Gasteiger partial charge in [-0.2, -0.15) is 5.10 Å². The number of amides is 1. The van der Waals surface area contributed by atoms with Crippen molar-refractivity contribution in [3.05, 3.63) is 47.9 Å². The number of likely N-dealkylation sites (N-methyl/N-ethyl adjacent to an activating group) is 1. The summed E-state index contributed by atoms with van der Waals surface area (Å²) in [5.74, 6) is 2.18. The van der Waals surface area contributed by atoms with Gasteiger partial charge < -0.3 is 14.6 Å². The molecule has 0 aliphatic carbocycles. The van der Waals surface area contributed by atoms with Crippen LogP contribution in [0.5, 0.6) is 5.75 Å². The molecule has 1 amide bonds. The number of aromatic amines is 1. The first kappa shape index (κ1) is 26.2. The lowest BCUT2D eigenvalue weighted by Gasteiger charge is -2.32. The van der Waals surface area contributed by atoms with Crippen molar-refractivity contribution in [3.8, 4) is 17.0 Å². The second-order valence-electron chi connectivity index (χ2n) is 11.5. The van der Waals surface area contributed by atoms with Gasteiger partial charge in [0, 0.05) is 36.8 Å². The van der Waals surface area contributed by atoms with E-state index >= 15 is 0 Å². The highest BCUT2D eigenvalue weighted by Crippen LogP contribution is 2.39. The van der Waals surface area contributed by atoms with Crippen LogP contribution in [0.2, 0.25) is 0 Å². The van der Waals surface area contributed by atoms with Crippen molar-refractivity contribution < 1.29 is 9.53 Å². The first-order valence-electron chi connectivity index (χ1n) is 13.8. The molecule has 1 aromatic carbocycles. The van der Waals surface area contributed by atoms with Crippen LogP contribution in [-0.2, 0) is 4.79 Å². The monoisotopic (exact) mass is 516 g/mol. The van der Waals surface area contributed by atoms with E-state index in [1.165, 1.54) is 16.5 Å². The van der Waals surface area contributed by atoms with Gasteiger partial charge in [-0.25, -0.2) is 9.50 Å². The SMILES string of the molecule is CC(C)COc1cc(-c2[nH]c3ccc(C4CCN(CC(=O)N(C)C)CC4)cc3c2C(C)C)cn2ncnc12. The fraction of sp³-hybridized carbons (Fsp3) is 0.500. The molecule has 202 valence electrons. The van der Waals surface area contributed by atoms with Gasteiger partial charge in [-0.3, -0.25) is 9.69 Å². The third-order valence-electron chi connectivity index (χ3n) is 7.56. The van der Waals surface area contributed by atoms with Crippen LogP contribution in [0.3, 0.4) is 0 Å². The molecule has 0 unspecified atom stereocenters. The summed E-state index contributed by atoms with van der Waals surface area (Å²) in [7, 11) is 3.65. The summed E-state index contributed by atoms with van der Waals surface area (Å²) in [5, 5.41) is 5.69. The highest BCUT2D eigenvalue weighted by atomic mass is 16.5. The van der Waals surface area contributed by atoms with E-state index in [9.17, 15) is 4.79 Å². The number of pyridine rings is 1. The van der Waals surface area contributed by atoms with Gasteiger partial charge in [-0.1, -0.05) is 33.8 Å². The third-order valence-corrected chi connectivity index (χ3v) is 7.56. The molecule has 0 radical (unpaired) electrons. The summed E-state index contributed by atoms with van der Waals surface area (Å²) in [4.78, 5) is 24.2. The Morgan fingerprint density at radius 3 is 2.61 bits per heavy atom. The average Bonchev–Trinajstić information content (AvgIpc) is 3.52. The molecule has 38 heavy (non-hydrogen) atoms. The zero-order valence-corrected chi connectivity index (χ0v) is 23.5. The van der Waals surface area contributed by atoms with Crippen molar-refractivity contribution in [3.63, 3.8) is 0 Å². The van der Waals surface area contributed by atoms with Gasteiger partial charge in [0.25, 0.3) is 0 Å². The molecule has 1 N–H and O–H groups in total. The first-order chi connectivity index (χ1) is 18.2. The van der Waals surface area contributed by atoms with E-state index in [0.29, 0.717) is 30.9 Å². The van der Waals surface area contributed by atoms with Crippen LogP contribution in [-0.4, -0.2) is 75.6 Å². The van der Waals surface area contributed by atoms with E-state index in [1.807, 2.05) is 20.3 Å². The number of hydrogen-bond donors (Lipinski definition) is 1. The maximum atomic E-state index is 12.1. The molecule has 4 aromatic rings. The number of H-pyrrole nitrogens is 1. The molecule has 1 aliphatic rings. The summed E-state index contributed by atoms with van der Waals surface area (Å²) >= 11 is 0. The molecule has 0 saturated carbocycles. The number of carbonyl (C=O) groups is 1. The molecule has 0 spiro atoms. The molecule has 4 heterocycles. The summed E-state index contributed by atoms with van der Waals surface area (Å²) < 4.78 is 7.96. The molecular weight excluding hydrogens is 476 g/mol. The Morgan fingerprint density at radius 1 is 1.16 bits per heavy atom. The van der Waals surface area contributed by atoms with Crippen LogP contribution in [0.1, 0.15) is 63.5 Å². The summed E-state index contributed by atoms with van der Waals surface area (Å²) in [6, 6.07) is 8.98. The predicted molar refractivity (Wildman–Crippen MR) is 152 cm³/mol. The van der Waals surface area contributed by atoms with Crippen molar-refractivity contribution in [2.45, 2.75) is 52.4 Å². The molecule has 5 rings (SSSR count). The standard InChI is InChI=1S/C30H40N6O2/c1-19(2)17-38-26-14-23(15-36-30(26)31-18-32-36)29-28(20(3)4)24-13-22(7-8-25(24)33-29)21-9-11-35(12-10-21)16-27(37)34(5)6/h7-8,13-15,18-21,33H,9-12,16-17H2,1-6H3. The number of benzene rings is 1. The fourth-order valence-electron chi connectivity index (χ4n) is 5.46. The largest absolute Gasteiger partial charge is 0.489 e. The molecule has 0 atom stereocenters. The minimum absolute atomic E-state index is 0.174. The van der Waals surface area contributed by atoms with Gasteiger partial charge in [-0.05, 0) is 73.0 Å². The van der Waals surface area contributed by atoms with Gasteiger partial charge in [0.1, 0.15) is 6.33 Å². The smallest absolute Gasteiger partial charge is 0.236 e. The van der Waals surface area contributed by atoms with Crippen LogP contribution in [0.15, 0.2) is 36.8 Å². The summed E-state index contributed by atoms with van der Waals surface area (Å²) in [6.07, 6.45) is 5.75. The lowest BCUT2D eigenvalue weighted by atomic mass is 9.87. The number of likely N-dealkylation sites (tertiary alicyclic amines) is 1. The highest BCUT2D eigenvalue weighted by Gasteiger charge is 2.24. The Balaban J connectivity index is 1.46. The van der Waals surface area contributed by atoms with Crippen LogP contribution in [0.4, 0.5) is 0 Å². The predicted octanol–water partition coefficient (Wildman–Crippen LogP) is 5.30. The summed E-state index contributed by atoms with van der Waals surface area (Å²) in [5.41, 5.74) is 6.72. The number of ether oxygens (including phenoxy) is 1. The third kappa shape index (κ3) is 5.27. The van der Waals surface area contributed by atoms with Crippen LogP contribution < -0.4 is 4.74 Å². The molecule has 3 aromatic heterocycles. The van der Waals surface area contributed by atoms with E-state index in [2.05, 4.69) is 71.9 Å².